The van der Waals surface area contributed by atoms with E-state index in [9.17, 15) is 22.4 Å². The maximum atomic E-state index is 13.2. The van der Waals surface area contributed by atoms with E-state index in [0.717, 1.165) is 12.1 Å². The standard InChI is InChI=1S/C22H25FN2O7S/c1-30-19-11-17(22(27)32-3)18(12-20(19)31-2)24-21(26)14-5-4-10-25(13-14)33(28,29)16-8-6-15(23)7-9-16/h6-9,11-12,14H,4-5,10,13H2,1-3H3,(H,24,26)/t14-/m0/s1. The first-order chi connectivity index (χ1) is 15.7. The third-order valence-electron chi connectivity index (χ3n) is 5.39. The fraction of sp³-hybridized carbons (Fsp3) is 0.364. The van der Waals surface area contributed by atoms with E-state index in [2.05, 4.69) is 5.32 Å². The summed E-state index contributed by atoms with van der Waals surface area (Å²) >= 11 is 0. The number of amides is 1. The highest BCUT2D eigenvalue weighted by Gasteiger charge is 2.34. The van der Waals surface area contributed by atoms with Crippen LogP contribution in [0.2, 0.25) is 0 Å². The predicted octanol–water partition coefficient (Wildman–Crippen LogP) is 2.67. The molecule has 0 saturated carbocycles. The van der Waals surface area contributed by atoms with Crippen LogP contribution in [-0.2, 0) is 19.6 Å². The number of nitrogens with zero attached hydrogens (tertiary/aromatic N) is 1. The summed E-state index contributed by atoms with van der Waals surface area (Å²) in [6.45, 7) is 0.194. The number of hydrogen-bond donors (Lipinski definition) is 1. The van der Waals surface area contributed by atoms with Crippen LogP contribution in [0.1, 0.15) is 23.2 Å². The fourth-order valence-electron chi connectivity index (χ4n) is 3.63. The van der Waals surface area contributed by atoms with Crippen molar-refractivity contribution in [1.29, 1.82) is 0 Å². The molecule has 1 atom stereocenters. The average Bonchev–Trinajstić information content (AvgIpc) is 2.83. The van der Waals surface area contributed by atoms with Crippen LogP contribution in [0.15, 0.2) is 41.3 Å². The lowest BCUT2D eigenvalue weighted by molar-refractivity contribution is -0.120. The number of methoxy groups -OCH3 is 3. The van der Waals surface area contributed by atoms with Crippen molar-refractivity contribution >= 4 is 27.6 Å². The number of rotatable bonds is 7. The monoisotopic (exact) mass is 480 g/mol. The topological polar surface area (TPSA) is 111 Å². The van der Waals surface area contributed by atoms with Crippen LogP contribution in [0.3, 0.4) is 0 Å². The van der Waals surface area contributed by atoms with Gasteiger partial charge < -0.3 is 19.5 Å². The molecular formula is C22H25FN2O7S. The zero-order chi connectivity index (χ0) is 24.2. The third-order valence-corrected chi connectivity index (χ3v) is 7.27. The fourth-order valence-corrected chi connectivity index (χ4v) is 5.15. The molecule has 0 spiro atoms. The van der Waals surface area contributed by atoms with Crippen molar-refractivity contribution in [2.45, 2.75) is 17.7 Å². The number of piperidine rings is 1. The van der Waals surface area contributed by atoms with Crippen LogP contribution < -0.4 is 14.8 Å². The summed E-state index contributed by atoms with van der Waals surface area (Å²) in [6.07, 6.45) is 0.927. The lowest BCUT2D eigenvalue weighted by atomic mass is 9.98. The number of nitrogens with one attached hydrogen (secondary N) is 1. The first-order valence-corrected chi connectivity index (χ1v) is 11.6. The molecule has 1 amide bonds. The Kier molecular flexibility index (Phi) is 7.54. The summed E-state index contributed by atoms with van der Waals surface area (Å²) in [5, 5.41) is 2.69. The van der Waals surface area contributed by atoms with E-state index in [0.29, 0.717) is 18.6 Å². The first-order valence-electron chi connectivity index (χ1n) is 10.1. The quantitative estimate of drug-likeness (QED) is 0.607. The van der Waals surface area contributed by atoms with Crippen LogP contribution in [0.5, 0.6) is 11.5 Å². The lowest BCUT2D eigenvalue weighted by Gasteiger charge is -2.31. The molecule has 33 heavy (non-hydrogen) atoms. The molecule has 1 saturated heterocycles. The van der Waals surface area contributed by atoms with Gasteiger partial charge in [-0.1, -0.05) is 0 Å². The number of hydrogen-bond acceptors (Lipinski definition) is 7. The first kappa shape index (κ1) is 24.5. The SMILES string of the molecule is COC(=O)c1cc(OC)c(OC)cc1NC(=O)[C@H]1CCCN(S(=O)(=O)c2ccc(F)cc2)C1. The average molecular weight is 481 g/mol. The Labute approximate surface area is 191 Å². The van der Waals surface area contributed by atoms with Gasteiger partial charge in [-0.05, 0) is 37.1 Å². The third kappa shape index (κ3) is 5.25. The van der Waals surface area contributed by atoms with Gasteiger partial charge in [0.05, 0.1) is 43.4 Å². The van der Waals surface area contributed by atoms with Crippen molar-refractivity contribution in [1.82, 2.24) is 4.31 Å². The zero-order valence-electron chi connectivity index (χ0n) is 18.5. The van der Waals surface area contributed by atoms with E-state index in [1.54, 1.807) is 0 Å². The minimum atomic E-state index is -3.89. The van der Waals surface area contributed by atoms with E-state index in [4.69, 9.17) is 14.2 Å². The number of anilines is 1. The van der Waals surface area contributed by atoms with Crippen molar-refractivity contribution in [3.05, 3.63) is 47.8 Å². The summed E-state index contributed by atoms with van der Waals surface area (Å²) in [5.74, 6) is -1.76. The lowest BCUT2D eigenvalue weighted by Crippen LogP contribution is -2.43. The maximum absolute atomic E-state index is 13.2. The molecule has 2 aromatic carbocycles. The molecule has 1 aliphatic rings. The van der Waals surface area contributed by atoms with Crippen molar-refractivity contribution in [3.8, 4) is 11.5 Å². The second-order valence-electron chi connectivity index (χ2n) is 7.39. The van der Waals surface area contributed by atoms with Crippen LogP contribution >= 0.6 is 0 Å². The predicted molar refractivity (Wildman–Crippen MR) is 117 cm³/mol. The van der Waals surface area contributed by atoms with E-state index >= 15 is 0 Å². The van der Waals surface area contributed by atoms with Crippen molar-refractivity contribution < 1.29 is 36.6 Å². The van der Waals surface area contributed by atoms with Gasteiger partial charge in [0.1, 0.15) is 5.82 Å². The Morgan fingerprint density at radius 3 is 2.30 bits per heavy atom. The van der Waals surface area contributed by atoms with Crippen molar-refractivity contribution in [2.24, 2.45) is 5.92 Å². The van der Waals surface area contributed by atoms with Gasteiger partial charge >= 0.3 is 5.97 Å². The van der Waals surface area contributed by atoms with Gasteiger partial charge in [0, 0.05) is 25.2 Å². The Bertz CT molecular complexity index is 1140. The number of esters is 1. The molecule has 0 aliphatic carbocycles. The molecule has 3 rings (SSSR count). The van der Waals surface area contributed by atoms with Gasteiger partial charge in [-0.3, -0.25) is 4.79 Å². The molecule has 11 heteroatoms. The zero-order valence-corrected chi connectivity index (χ0v) is 19.3. The highest BCUT2D eigenvalue weighted by molar-refractivity contribution is 7.89. The number of halogens is 1. The van der Waals surface area contributed by atoms with Crippen LogP contribution in [-0.4, -0.2) is 59.0 Å². The largest absolute Gasteiger partial charge is 0.493 e. The Hall–Kier alpha value is -3.18. The minimum absolute atomic E-state index is 0.0437. The summed E-state index contributed by atoms with van der Waals surface area (Å²) in [4.78, 5) is 25.2. The van der Waals surface area contributed by atoms with E-state index in [-0.39, 0.29) is 35.0 Å². The van der Waals surface area contributed by atoms with Crippen molar-refractivity contribution in [2.75, 3.05) is 39.7 Å². The van der Waals surface area contributed by atoms with Gasteiger partial charge in [-0.25, -0.2) is 17.6 Å². The molecule has 1 heterocycles. The Morgan fingerprint density at radius 1 is 1.06 bits per heavy atom. The number of sulfonamides is 1. The highest BCUT2D eigenvalue weighted by Crippen LogP contribution is 2.34. The smallest absolute Gasteiger partial charge is 0.340 e. The van der Waals surface area contributed by atoms with Crippen LogP contribution in [0, 0.1) is 11.7 Å². The molecule has 0 bridgehead atoms. The van der Waals surface area contributed by atoms with E-state index in [1.807, 2.05) is 0 Å². The molecule has 9 nitrogen and oxygen atoms in total. The van der Waals surface area contributed by atoms with Gasteiger partial charge in [0.15, 0.2) is 11.5 Å². The molecule has 1 N–H and O–H groups in total. The van der Waals surface area contributed by atoms with Gasteiger partial charge in [0.25, 0.3) is 0 Å². The maximum Gasteiger partial charge on any atom is 0.340 e. The number of carbonyl (C=O) groups excluding carboxylic acids is 2. The minimum Gasteiger partial charge on any atom is -0.493 e. The highest BCUT2D eigenvalue weighted by atomic mass is 32.2. The molecule has 178 valence electrons. The number of carbonyl (C=O) groups is 2. The van der Waals surface area contributed by atoms with Crippen LogP contribution in [0.25, 0.3) is 0 Å². The second kappa shape index (κ2) is 10.2. The molecule has 0 aromatic heterocycles. The molecular weight excluding hydrogens is 455 g/mol. The molecule has 0 radical (unpaired) electrons. The summed E-state index contributed by atoms with van der Waals surface area (Å²) in [5.41, 5.74) is 0.220. The number of benzene rings is 2. The molecule has 1 aliphatic heterocycles. The van der Waals surface area contributed by atoms with Crippen molar-refractivity contribution in [3.63, 3.8) is 0 Å². The normalized spacial score (nSPS) is 16.7. The van der Waals surface area contributed by atoms with Gasteiger partial charge in [0.2, 0.25) is 15.9 Å². The van der Waals surface area contributed by atoms with E-state index in [1.165, 1.54) is 49.9 Å². The van der Waals surface area contributed by atoms with Gasteiger partial charge in [-0.15, -0.1) is 0 Å². The molecule has 2 aromatic rings. The summed E-state index contributed by atoms with van der Waals surface area (Å²) in [7, 11) is 0.154. The number of ether oxygens (including phenoxy) is 3. The Balaban J connectivity index is 1.83. The molecule has 1 fully saturated rings. The second-order valence-corrected chi connectivity index (χ2v) is 9.33. The van der Waals surface area contributed by atoms with Gasteiger partial charge in [-0.2, -0.15) is 4.31 Å². The Morgan fingerprint density at radius 2 is 1.70 bits per heavy atom. The van der Waals surface area contributed by atoms with E-state index < -0.39 is 33.6 Å². The summed E-state index contributed by atoms with van der Waals surface area (Å²) in [6, 6.07) is 7.38. The molecule has 0 unspecified atom stereocenters. The van der Waals surface area contributed by atoms with Crippen LogP contribution in [0.4, 0.5) is 10.1 Å². The summed E-state index contributed by atoms with van der Waals surface area (Å²) < 4.78 is 55.5.